The van der Waals surface area contributed by atoms with Crippen LogP contribution in [0.2, 0.25) is 0 Å². The molecule has 1 saturated heterocycles. The Morgan fingerprint density at radius 3 is 2.31 bits per heavy atom. The Bertz CT molecular complexity index is 919. The molecule has 3 nitrogen and oxygen atoms in total. The summed E-state index contributed by atoms with van der Waals surface area (Å²) in [4.78, 5) is 2.59. The number of rotatable bonds is 5. The van der Waals surface area contributed by atoms with Gasteiger partial charge in [-0.1, -0.05) is 36.4 Å². The molecule has 2 saturated carbocycles. The molecule has 0 radical (unpaired) electrons. The zero-order valence-electron chi connectivity index (χ0n) is 18.3. The second kappa shape index (κ2) is 8.81. The van der Waals surface area contributed by atoms with E-state index in [1.165, 1.54) is 43.4 Å². The third-order valence-electron chi connectivity index (χ3n) is 7.57. The number of benzene rings is 2. The van der Waals surface area contributed by atoms with Crippen molar-refractivity contribution < 1.29 is 13.2 Å². The molecule has 6 heteroatoms. The molecule has 3 aliphatic rings. The quantitative estimate of drug-likeness (QED) is 0.671. The van der Waals surface area contributed by atoms with Gasteiger partial charge in [-0.2, -0.15) is 13.2 Å². The van der Waals surface area contributed by atoms with E-state index >= 15 is 0 Å². The van der Waals surface area contributed by atoms with E-state index in [9.17, 15) is 13.2 Å². The number of nitrogens with two attached hydrogens (primary N) is 1. The lowest BCUT2D eigenvalue weighted by atomic mass is 9.90. The van der Waals surface area contributed by atoms with Crippen molar-refractivity contribution in [3.8, 4) is 11.1 Å². The number of nitrogens with zero attached hydrogens (tertiary/aromatic N) is 1. The van der Waals surface area contributed by atoms with E-state index in [-0.39, 0.29) is 0 Å². The van der Waals surface area contributed by atoms with E-state index in [1.807, 2.05) is 12.1 Å². The molecule has 1 heterocycles. The van der Waals surface area contributed by atoms with Gasteiger partial charge in [0.05, 0.1) is 5.56 Å². The fourth-order valence-electron chi connectivity index (χ4n) is 5.60. The highest BCUT2D eigenvalue weighted by Crippen LogP contribution is 2.42. The highest BCUT2D eigenvalue weighted by atomic mass is 19.4. The molecular formula is C26H32F3N3. The molecule has 2 aromatic rings. The Balaban J connectivity index is 1.13. The molecule has 3 atom stereocenters. The van der Waals surface area contributed by atoms with Crippen molar-refractivity contribution in [2.45, 2.75) is 74.8 Å². The Morgan fingerprint density at radius 2 is 1.66 bits per heavy atom. The minimum Gasteiger partial charge on any atom is -0.326 e. The molecule has 5 rings (SSSR count). The zero-order valence-corrected chi connectivity index (χ0v) is 18.3. The van der Waals surface area contributed by atoms with Crippen molar-refractivity contribution in [2.75, 3.05) is 13.1 Å². The highest BCUT2D eigenvalue weighted by Gasteiger charge is 2.40. The summed E-state index contributed by atoms with van der Waals surface area (Å²) in [6, 6.07) is 15.8. The van der Waals surface area contributed by atoms with Crippen LogP contribution in [-0.2, 0) is 6.18 Å². The predicted octanol–water partition coefficient (Wildman–Crippen LogP) is 5.16. The van der Waals surface area contributed by atoms with Gasteiger partial charge in [-0.3, -0.25) is 4.90 Å². The van der Waals surface area contributed by atoms with E-state index < -0.39 is 11.7 Å². The van der Waals surface area contributed by atoms with Gasteiger partial charge in [0.2, 0.25) is 0 Å². The number of alkyl halides is 3. The van der Waals surface area contributed by atoms with E-state index in [0.717, 1.165) is 37.6 Å². The fourth-order valence-corrected chi connectivity index (χ4v) is 5.60. The number of hydrogen-bond acceptors (Lipinski definition) is 3. The number of hydrogen-bond donors (Lipinski definition) is 2. The summed E-state index contributed by atoms with van der Waals surface area (Å²) in [5.41, 5.74) is 8.17. The summed E-state index contributed by atoms with van der Waals surface area (Å²) >= 11 is 0. The molecule has 1 aliphatic heterocycles. The van der Waals surface area contributed by atoms with Gasteiger partial charge in [0.25, 0.3) is 0 Å². The largest absolute Gasteiger partial charge is 0.416 e. The first-order valence-corrected chi connectivity index (χ1v) is 11.9. The number of halogens is 3. The first kappa shape index (κ1) is 21.9. The van der Waals surface area contributed by atoms with Crippen molar-refractivity contribution in [3.63, 3.8) is 0 Å². The molecule has 0 aromatic heterocycles. The van der Waals surface area contributed by atoms with Crippen molar-refractivity contribution in [2.24, 2.45) is 5.73 Å². The van der Waals surface area contributed by atoms with Crippen LogP contribution in [0.15, 0.2) is 48.5 Å². The summed E-state index contributed by atoms with van der Waals surface area (Å²) < 4.78 is 39.0. The molecular weight excluding hydrogens is 411 g/mol. The molecule has 2 aromatic carbocycles. The van der Waals surface area contributed by atoms with Crippen LogP contribution in [0, 0.1) is 0 Å². The predicted molar refractivity (Wildman–Crippen MR) is 121 cm³/mol. The first-order valence-electron chi connectivity index (χ1n) is 11.9. The second-order valence-electron chi connectivity index (χ2n) is 9.87. The molecule has 32 heavy (non-hydrogen) atoms. The number of nitrogens with one attached hydrogen (secondary N) is 1. The van der Waals surface area contributed by atoms with E-state index in [2.05, 4.69) is 22.3 Å². The lowest BCUT2D eigenvalue weighted by Crippen LogP contribution is -2.43. The van der Waals surface area contributed by atoms with Gasteiger partial charge in [0.1, 0.15) is 0 Å². The molecule has 0 amide bonds. The van der Waals surface area contributed by atoms with Crippen LogP contribution in [-0.4, -0.2) is 42.2 Å². The Hall–Kier alpha value is -1.89. The van der Waals surface area contributed by atoms with Gasteiger partial charge in [-0.15, -0.1) is 0 Å². The molecule has 2 aliphatic carbocycles. The Morgan fingerprint density at radius 1 is 0.906 bits per heavy atom. The van der Waals surface area contributed by atoms with Gasteiger partial charge in [0, 0.05) is 43.2 Å². The van der Waals surface area contributed by atoms with Gasteiger partial charge < -0.3 is 11.1 Å². The van der Waals surface area contributed by atoms with Gasteiger partial charge in [-0.25, -0.2) is 0 Å². The molecule has 3 fully saturated rings. The highest BCUT2D eigenvalue weighted by molar-refractivity contribution is 5.65. The second-order valence-corrected chi connectivity index (χ2v) is 9.87. The summed E-state index contributed by atoms with van der Waals surface area (Å²) in [5.74, 6) is 0.514. The van der Waals surface area contributed by atoms with Crippen molar-refractivity contribution >= 4 is 0 Å². The monoisotopic (exact) mass is 443 g/mol. The summed E-state index contributed by atoms with van der Waals surface area (Å²) in [5, 5.41) is 3.86. The van der Waals surface area contributed by atoms with Crippen LogP contribution in [0.1, 0.15) is 55.6 Å². The maximum absolute atomic E-state index is 13.0. The smallest absolute Gasteiger partial charge is 0.326 e. The molecule has 0 spiro atoms. The topological polar surface area (TPSA) is 41.3 Å². The van der Waals surface area contributed by atoms with Crippen LogP contribution >= 0.6 is 0 Å². The van der Waals surface area contributed by atoms with Crippen molar-refractivity contribution in [3.05, 3.63) is 59.7 Å². The van der Waals surface area contributed by atoms with Crippen molar-refractivity contribution in [1.29, 1.82) is 0 Å². The van der Waals surface area contributed by atoms with Gasteiger partial charge in [-0.05, 0) is 67.3 Å². The minimum atomic E-state index is -4.32. The summed E-state index contributed by atoms with van der Waals surface area (Å²) in [6.07, 6.45) is 2.94. The zero-order chi connectivity index (χ0) is 22.3. The molecule has 0 bridgehead atoms. The average Bonchev–Trinajstić information content (AvgIpc) is 3.42. The molecule has 3 N–H and O–H groups in total. The normalized spacial score (nSPS) is 31.1. The Labute approximate surface area is 188 Å². The average molecular weight is 444 g/mol. The van der Waals surface area contributed by atoms with Crippen LogP contribution < -0.4 is 11.1 Å². The van der Waals surface area contributed by atoms with Crippen LogP contribution in [0.4, 0.5) is 13.2 Å². The SMILES string of the molecule is NC1CCN(C2CCC(N[C@@H]3C[C@H]3c3ccc(-c4cccc(C(F)(F)F)c4)cc3)CC2)C1. The van der Waals surface area contributed by atoms with Gasteiger partial charge >= 0.3 is 6.18 Å². The number of likely N-dealkylation sites (tertiary alicyclic amines) is 1. The maximum Gasteiger partial charge on any atom is 0.416 e. The molecule has 172 valence electrons. The van der Waals surface area contributed by atoms with Crippen LogP contribution in [0.3, 0.4) is 0 Å². The van der Waals surface area contributed by atoms with Crippen LogP contribution in [0.5, 0.6) is 0 Å². The minimum absolute atomic E-state index is 0.359. The standard InChI is InChI=1S/C26H32F3N3/c27-26(28,29)20-3-1-2-19(14-20)17-4-6-18(7-5-17)24-15-25(24)31-22-8-10-23(11-9-22)32-13-12-21(30)16-32/h1-7,14,21-25,31H,8-13,15-16,30H2/t21?,22?,23?,24-,25+/m0/s1. The van der Waals surface area contributed by atoms with E-state index in [0.29, 0.717) is 35.6 Å². The lowest BCUT2D eigenvalue weighted by Gasteiger charge is -2.35. The lowest BCUT2D eigenvalue weighted by molar-refractivity contribution is -0.137. The third kappa shape index (κ3) is 4.87. The maximum atomic E-state index is 13.0. The summed E-state index contributed by atoms with van der Waals surface area (Å²) in [7, 11) is 0. The fraction of sp³-hybridized carbons (Fsp3) is 0.538. The summed E-state index contributed by atoms with van der Waals surface area (Å²) in [6.45, 7) is 2.22. The van der Waals surface area contributed by atoms with Crippen LogP contribution in [0.25, 0.3) is 11.1 Å². The van der Waals surface area contributed by atoms with Gasteiger partial charge in [0.15, 0.2) is 0 Å². The Kier molecular flexibility index (Phi) is 6.03. The van der Waals surface area contributed by atoms with E-state index in [1.54, 1.807) is 6.07 Å². The molecule has 1 unspecified atom stereocenters. The van der Waals surface area contributed by atoms with Crippen molar-refractivity contribution in [1.82, 2.24) is 10.2 Å². The van der Waals surface area contributed by atoms with E-state index in [4.69, 9.17) is 5.73 Å². The third-order valence-corrected chi connectivity index (χ3v) is 7.57. The first-order chi connectivity index (χ1) is 15.4.